The van der Waals surface area contributed by atoms with Crippen molar-refractivity contribution in [2.75, 3.05) is 23.7 Å². The predicted molar refractivity (Wildman–Crippen MR) is 120 cm³/mol. The summed E-state index contributed by atoms with van der Waals surface area (Å²) in [7, 11) is 0. The molecule has 8 heteroatoms. The number of amides is 1. The van der Waals surface area contributed by atoms with Gasteiger partial charge >= 0.3 is 0 Å². The first-order valence-corrected chi connectivity index (χ1v) is 10.3. The predicted octanol–water partition coefficient (Wildman–Crippen LogP) is 4.19. The fourth-order valence-electron chi connectivity index (χ4n) is 2.78. The van der Waals surface area contributed by atoms with Crippen LogP contribution < -0.4 is 16.0 Å². The number of hydrogen-bond donors (Lipinski definition) is 3. The minimum atomic E-state index is -0.100. The van der Waals surface area contributed by atoms with Crippen LogP contribution in [0.2, 0.25) is 0 Å². The van der Waals surface area contributed by atoms with Gasteiger partial charge in [-0.05, 0) is 53.4 Å². The first kappa shape index (κ1) is 19.5. The second-order valence-corrected chi connectivity index (χ2v) is 7.36. The van der Waals surface area contributed by atoms with Gasteiger partial charge in [0.15, 0.2) is 5.82 Å². The molecule has 0 aliphatic rings. The number of thiophene rings is 1. The van der Waals surface area contributed by atoms with Crippen molar-refractivity contribution >= 4 is 34.6 Å². The van der Waals surface area contributed by atoms with Gasteiger partial charge in [-0.25, -0.2) is 0 Å². The largest absolute Gasteiger partial charge is 0.367 e. The molecule has 0 radical (unpaired) electrons. The van der Waals surface area contributed by atoms with E-state index in [2.05, 4.69) is 37.2 Å². The van der Waals surface area contributed by atoms with Crippen LogP contribution in [0, 0.1) is 0 Å². The molecular weight excluding hydrogens is 396 g/mol. The van der Waals surface area contributed by atoms with Crippen LogP contribution in [0.4, 0.5) is 17.3 Å². The van der Waals surface area contributed by atoms with Crippen molar-refractivity contribution in [3.05, 3.63) is 84.0 Å². The molecule has 3 heterocycles. The van der Waals surface area contributed by atoms with E-state index in [0.717, 1.165) is 11.3 Å². The van der Waals surface area contributed by atoms with E-state index in [1.807, 2.05) is 60.0 Å². The van der Waals surface area contributed by atoms with Gasteiger partial charge < -0.3 is 16.0 Å². The maximum absolute atomic E-state index is 12.3. The molecule has 0 unspecified atom stereocenters. The van der Waals surface area contributed by atoms with E-state index in [1.54, 1.807) is 23.7 Å². The molecule has 0 atom stereocenters. The molecular formula is C22H20N6OS. The highest BCUT2D eigenvalue weighted by molar-refractivity contribution is 7.13. The molecule has 7 nitrogen and oxygen atoms in total. The maximum Gasteiger partial charge on any atom is 0.251 e. The van der Waals surface area contributed by atoms with Gasteiger partial charge in [-0.15, -0.1) is 21.5 Å². The highest BCUT2D eigenvalue weighted by Gasteiger charge is 2.06. The van der Waals surface area contributed by atoms with Crippen molar-refractivity contribution in [2.24, 2.45) is 0 Å². The lowest BCUT2D eigenvalue weighted by Crippen LogP contribution is -2.28. The molecule has 0 aliphatic carbocycles. The van der Waals surface area contributed by atoms with Gasteiger partial charge in [0, 0.05) is 29.7 Å². The lowest BCUT2D eigenvalue weighted by Gasteiger charge is -2.08. The maximum atomic E-state index is 12.3. The molecule has 0 bridgehead atoms. The Balaban J connectivity index is 1.21. The summed E-state index contributed by atoms with van der Waals surface area (Å²) in [6.07, 6.45) is 3.43. The minimum absolute atomic E-state index is 0.100. The zero-order valence-corrected chi connectivity index (χ0v) is 16.9. The Morgan fingerprint density at radius 2 is 1.73 bits per heavy atom. The Morgan fingerprint density at radius 1 is 0.900 bits per heavy atom. The monoisotopic (exact) mass is 416 g/mol. The number of carbonyl (C=O) groups excluding carboxylic acids is 1. The molecule has 3 N–H and O–H groups in total. The second-order valence-electron chi connectivity index (χ2n) is 6.41. The van der Waals surface area contributed by atoms with Crippen molar-refractivity contribution in [1.29, 1.82) is 0 Å². The van der Waals surface area contributed by atoms with Crippen molar-refractivity contribution in [3.63, 3.8) is 0 Å². The Bertz CT molecular complexity index is 1070. The number of carbonyl (C=O) groups is 1. The van der Waals surface area contributed by atoms with E-state index in [9.17, 15) is 4.79 Å². The van der Waals surface area contributed by atoms with E-state index < -0.39 is 0 Å². The summed E-state index contributed by atoms with van der Waals surface area (Å²) in [5, 5.41) is 19.5. The lowest BCUT2D eigenvalue weighted by molar-refractivity contribution is 0.0955. The summed E-state index contributed by atoms with van der Waals surface area (Å²) in [6.45, 7) is 1.02. The van der Waals surface area contributed by atoms with Gasteiger partial charge in [-0.3, -0.25) is 9.78 Å². The van der Waals surface area contributed by atoms with Crippen LogP contribution in [-0.2, 0) is 0 Å². The number of aromatic nitrogens is 3. The van der Waals surface area contributed by atoms with Gasteiger partial charge in [-0.1, -0.05) is 18.2 Å². The number of nitrogens with one attached hydrogen (secondary N) is 3. The Kier molecular flexibility index (Phi) is 6.26. The molecule has 0 saturated heterocycles. The lowest BCUT2D eigenvalue weighted by atomic mass is 10.1. The molecule has 3 aromatic heterocycles. The van der Waals surface area contributed by atoms with Crippen LogP contribution in [0.15, 0.2) is 78.4 Å². The van der Waals surface area contributed by atoms with E-state index in [1.165, 1.54) is 4.88 Å². The Morgan fingerprint density at radius 3 is 2.43 bits per heavy atom. The first-order valence-electron chi connectivity index (χ1n) is 9.45. The quantitative estimate of drug-likeness (QED) is 0.373. The van der Waals surface area contributed by atoms with Crippen LogP contribution >= 0.6 is 11.3 Å². The Hall–Kier alpha value is -3.78. The third-order valence-corrected chi connectivity index (χ3v) is 5.19. The minimum Gasteiger partial charge on any atom is -0.367 e. The molecule has 0 saturated carbocycles. The average Bonchev–Trinajstić information content (AvgIpc) is 3.33. The average molecular weight is 417 g/mol. The van der Waals surface area contributed by atoms with E-state index in [-0.39, 0.29) is 5.91 Å². The van der Waals surface area contributed by atoms with E-state index in [4.69, 9.17) is 0 Å². The topological polar surface area (TPSA) is 91.8 Å². The summed E-state index contributed by atoms with van der Waals surface area (Å²) < 4.78 is 0. The SMILES string of the molecule is O=C(NCCNc1ccc(Nc2cccnc2)nn1)c1ccc(-c2cccs2)cc1. The summed E-state index contributed by atoms with van der Waals surface area (Å²) in [5.74, 6) is 1.17. The first-order chi connectivity index (χ1) is 14.8. The van der Waals surface area contributed by atoms with Crippen molar-refractivity contribution in [1.82, 2.24) is 20.5 Å². The van der Waals surface area contributed by atoms with Crippen LogP contribution in [0.3, 0.4) is 0 Å². The number of anilines is 3. The summed E-state index contributed by atoms with van der Waals surface area (Å²) in [6, 6.07) is 19.1. The summed E-state index contributed by atoms with van der Waals surface area (Å²) >= 11 is 1.68. The molecule has 150 valence electrons. The molecule has 0 spiro atoms. The molecule has 1 aromatic carbocycles. The number of benzene rings is 1. The van der Waals surface area contributed by atoms with Crippen molar-refractivity contribution < 1.29 is 4.79 Å². The zero-order chi connectivity index (χ0) is 20.6. The molecule has 4 rings (SSSR count). The van der Waals surface area contributed by atoms with Crippen LogP contribution in [0.25, 0.3) is 10.4 Å². The number of pyridine rings is 1. The fourth-order valence-corrected chi connectivity index (χ4v) is 3.51. The molecule has 30 heavy (non-hydrogen) atoms. The summed E-state index contributed by atoms with van der Waals surface area (Å²) in [4.78, 5) is 17.5. The zero-order valence-electron chi connectivity index (χ0n) is 16.1. The standard InChI is InChI=1S/C22H20N6OS/c29-22(17-7-5-16(6-8-17)19-4-2-14-30-19)25-13-12-24-20-9-10-21(28-27-20)26-18-3-1-11-23-15-18/h1-11,14-15H,12-13H2,(H,24,27)(H,25,29)(H,26,28). The third-order valence-electron chi connectivity index (χ3n) is 4.27. The normalized spacial score (nSPS) is 10.4. The highest BCUT2D eigenvalue weighted by atomic mass is 32.1. The molecule has 0 fully saturated rings. The van der Waals surface area contributed by atoms with Crippen molar-refractivity contribution in [3.8, 4) is 10.4 Å². The smallest absolute Gasteiger partial charge is 0.251 e. The van der Waals surface area contributed by atoms with Crippen LogP contribution in [0.1, 0.15) is 10.4 Å². The van der Waals surface area contributed by atoms with Crippen molar-refractivity contribution in [2.45, 2.75) is 0 Å². The highest BCUT2D eigenvalue weighted by Crippen LogP contribution is 2.24. The Labute approximate surface area is 178 Å². The van der Waals surface area contributed by atoms with Crippen LogP contribution in [0.5, 0.6) is 0 Å². The van der Waals surface area contributed by atoms with E-state index >= 15 is 0 Å². The molecule has 1 amide bonds. The number of hydrogen-bond acceptors (Lipinski definition) is 7. The van der Waals surface area contributed by atoms with Gasteiger partial charge in [0.2, 0.25) is 0 Å². The fraction of sp³-hybridized carbons (Fsp3) is 0.0909. The number of rotatable bonds is 8. The molecule has 4 aromatic rings. The second kappa shape index (κ2) is 9.62. The van der Waals surface area contributed by atoms with Gasteiger partial charge in [0.25, 0.3) is 5.91 Å². The van der Waals surface area contributed by atoms with Gasteiger partial charge in [0.05, 0.1) is 11.9 Å². The molecule has 0 aliphatic heterocycles. The van der Waals surface area contributed by atoms with Gasteiger partial charge in [0.1, 0.15) is 5.82 Å². The third kappa shape index (κ3) is 5.18. The van der Waals surface area contributed by atoms with E-state index in [0.29, 0.717) is 30.3 Å². The number of nitrogens with zero attached hydrogens (tertiary/aromatic N) is 3. The summed E-state index contributed by atoms with van der Waals surface area (Å²) in [5.41, 5.74) is 2.60. The van der Waals surface area contributed by atoms with Crippen LogP contribution in [-0.4, -0.2) is 34.2 Å². The van der Waals surface area contributed by atoms with Gasteiger partial charge in [-0.2, -0.15) is 0 Å².